The van der Waals surface area contributed by atoms with Gasteiger partial charge in [0.1, 0.15) is 0 Å². The first-order valence-electron chi connectivity index (χ1n) is 9.11. The number of hydrogen-bond donors (Lipinski definition) is 2. The van der Waals surface area contributed by atoms with Gasteiger partial charge in [-0.05, 0) is 29.1 Å². The van der Waals surface area contributed by atoms with Crippen molar-refractivity contribution in [1.82, 2.24) is 10.6 Å². The highest BCUT2D eigenvalue weighted by Gasteiger charge is 2.23. The summed E-state index contributed by atoms with van der Waals surface area (Å²) in [4.78, 5) is 5.73. The van der Waals surface area contributed by atoms with Crippen molar-refractivity contribution in [3.05, 3.63) is 46.2 Å². The number of methoxy groups -OCH3 is 2. The number of aliphatic imine (C=N–C) groups is 1. The van der Waals surface area contributed by atoms with E-state index in [4.69, 9.17) is 9.47 Å². The summed E-state index contributed by atoms with van der Waals surface area (Å²) in [7, 11) is 5.11. The minimum absolute atomic E-state index is 0.101. The summed E-state index contributed by atoms with van der Waals surface area (Å²) in [5.41, 5.74) is 1.08. The molecular weight excluding hydrogens is 358 g/mol. The van der Waals surface area contributed by atoms with Gasteiger partial charge in [-0.15, -0.1) is 11.3 Å². The monoisotopic (exact) mass is 389 g/mol. The molecule has 1 heterocycles. The Balaban J connectivity index is 1.96. The quantitative estimate of drug-likeness (QED) is 0.529. The molecule has 0 fully saturated rings. The van der Waals surface area contributed by atoms with Crippen LogP contribution in [0.3, 0.4) is 0 Å². The van der Waals surface area contributed by atoms with Crippen LogP contribution in [-0.2, 0) is 5.41 Å². The second-order valence-corrected chi connectivity index (χ2v) is 8.16. The van der Waals surface area contributed by atoms with E-state index in [1.54, 1.807) is 32.6 Å². The third-order valence-corrected chi connectivity index (χ3v) is 5.79. The van der Waals surface area contributed by atoms with E-state index in [2.05, 4.69) is 60.0 Å². The first-order valence-corrected chi connectivity index (χ1v) is 9.99. The number of nitrogens with zero attached hydrogens (tertiary/aromatic N) is 1. The highest BCUT2D eigenvalue weighted by molar-refractivity contribution is 7.10. The second-order valence-electron chi connectivity index (χ2n) is 7.18. The third-order valence-electron chi connectivity index (χ3n) is 4.69. The first-order chi connectivity index (χ1) is 12.9. The van der Waals surface area contributed by atoms with Crippen molar-refractivity contribution in [2.75, 3.05) is 34.4 Å². The lowest BCUT2D eigenvalue weighted by Gasteiger charge is -2.27. The van der Waals surface area contributed by atoms with Gasteiger partial charge >= 0.3 is 0 Å². The maximum Gasteiger partial charge on any atom is 0.191 e. The molecule has 0 aliphatic rings. The van der Waals surface area contributed by atoms with Crippen LogP contribution in [0.1, 0.15) is 37.1 Å². The van der Waals surface area contributed by atoms with E-state index in [1.165, 1.54) is 10.4 Å². The maximum atomic E-state index is 5.44. The van der Waals surface area contributed by atoms with Crippen molar-refractivity contribution >= 4 is 17.3 Å². The lowest BCUT2D eigenvalue weighted by Crippen LogP contribution is -2.44. The maximum absolute atomic E-state index is 5.44. The summed E-state index contributed by atoms with van der Waals surface area (Å²) in [6, 6.07) is 10.3. The zero-order valence-electron chi connectivity index (χ0n) is 17.1. The summed E-state index contributed by atoms with van der Waals surface area (Å²) >= 11 is 1.79. The minimum Gasteiger partial charge on any atom is -0.493 e. The van der Waals surface area contributed by atoms with Gasteiger partial charge in [0.15, 0.2) is 17.5 Å². The summed E-state index contributed by atoms with van der Waals surface area (Å²) in [6.07, 6.45) is 0. The average molecular weight is 390 g/mol. The Kier molecular flexibility index (Phi) is 7.54. The Morgan fingerprint density at radius 1 is 1.15 bits per heavy atom. The predicted octanol–water partition coefficient (Wildman–Crippen LogP) is 4.01. The van der Waals surface area contributed by atoms with Crippen LogP contribution in [0.4, 0.5) is 0 Å². The topological polar surface area (TPSA) is 54.9 Å². The Hall–Kier alpha value is -2.21. The van der Waals surface area contributed by atoms with Gasteiger partial charge in [0, 0.05) is 36.3 Å². The average Bonchev–Trinajstić information content (AvgIpc) is 3.22. The summed E-state index contributed by atoms with van der Waals surface area (Å²) in [5, 5.41) is 8.98. The van der Waals surface area contributed by atoms with Crippen LogP contribution in [0.15, 0.2) is 40.7 Å². The van der Waals surface area contributed by atoms with E-state index >= 15 is 0 Å². The Labute approximate surface area is 166 Å². The van der Waals surface area contributed by atoms with E-state index in [1.807, 2.05) is 12.1 Å². The van der Waals surface area contributed by atoms with Crippen molar-refractivity contribution in [3.63, 3.8) is 0 Å². The van der Waals surface area contributed by atoms with E-state index in [9.17, 15) is 0 Å². The Morgan fingerprint density at radius 2 is 1.89 bits per heavy atom. The summed E-state index contributed by atoms with van der Waals surface area (Å²) < 4.78 is 10.8. The van der Waals surface area contributed by atoms with Gasteiger partial charge in [-0.25, -0.2) is 0 Å². The van der Waals surface area contributed by atoms with Gasteiger partial charge in [-0.2, -0.15) is 0 Å². The summed E-state index contributed by atoms with van der Waals surface area (Å²) in [5.74, 6) is 2.75. The predicted molar refractivity (Wildman–Crippen MR) is 115 cm³/mol. The zero-order chi connectivity index (χ0) is 19.9. The molecule has 0 saturated carbocycles. The molecule has 2 N–H and O–H groups in total. The molecule has 6 heteroatoms. The van der Waals surface area contributed by atoms with E-state index in [-0.39, 0.29) is 5.41 Å². The number of thiophene rings is 1. The zero-order valence-corrected chi connectivity index (χ0v) is 17.9. The van der Waals surface area contributed by atoms with Crippen LogP contribution in [0, 0.1) is 0 Å². The molecule has 2 aromatic rings. The molecule has 0 bridgehead atoms. The SMILES string of the molecule is CN=C(NCC(C)c1cccs1)NCC(C)(C)c1ccc(OC)c(OC)c1. The highest BCUT2D eigenvalue weighted by atomic mass is 32.1. The first kappa shape index (κ1) is 21.1. The van der Waals surface area contributed by atoms with E-state index < -0.39 is 0 Å². The van der Waals surface area contributed by atoms with Crippen LogP contribution in [0.5, 0.6) is 11.5 Å². The molecule has 1 aromatic carbocycles. The second kappa shape index (κ2) is 9.65. The molecule has 27 heavy (non-hydrogen) atoms. The minimum atomic E-state index is -0.101. The van der Waals surface area contributed by atoms with Crippen LogP contribution in [0.2, 0.25) is 0 Å². The molecule has 148 valence electrons. The number of hydrogen-bond acceptors (Lipinski definition) is 4. The molecule has 1 aromatic heterocycles. The third kappa shape index (κ3) is 5.63. The largest absolute Gasteiger partial charge is 0.493 e. The smallest absolute Gasteiger partial charge is 0.191 e. The van der Waals surface area contributed by atoms with Gasteiger partial charge in [0.2, 0.25) is 0 Å². The van der Waals surface area contributed by atoms with Crippen LogP contribution in [0.25, 0.3) is 0 Å². The Morgan fingerprint density at radius 3 is 2.48 bits per heavy atom. The summed E-state index contributed by atoms with van der Waals surface area (Å²) in [6.45, 7) is 8.21. The number of benzene rings is 1. The molecule has 5 nitrogen and oxygen atoms in total. The van der Waals surface area contributed by atoms with Gasteiger partial charge in [-0.3, -0.25) is 4.99 Å². The molecule has 0 spiro atoms. The normalized spacial score (nSPS) is 13.2. The van der Waals surface area contributed by atoms with E-state index in [0.29, 0.717) is 5.92 Å². The highest BCUT2D eigenvalue weighted by Crippen LogP contribution is 2.32. The number of guanidine groups is 1. The lowest BCUT2D eigenvalue weighted by molar-refractivity contribution is 0.353. The van der Waals surface area contributed by atoms with Gasteiger partial charge in [-0.1, -0.05) is 32.9 Å². The fraction of sp³-hybridized carbons (Fsp3) is 0.476. The van der Waals surface area contributed by atoms with E-state index in [0.717, 1.165) is 30.5 Å². The molecule has 0 aliphatic carbocycles. The van der Waals surface area contributed by atoms with Crippen LogP contribution >= 0.6 is 11.3 Å². The van der Waals surface area contributed by atoms with Crippen molar-refractivity contribution < 1.29 is 9.47 Å². The van der Waals surface area contributed by atoms with Gasteiger partial charge in [0.25, 0.3) is 0 Å². The van der Waals surface area contributed by atoms with Crippen LogP contribution in [-0.4, -0.2) is 40.3 Å². The van der Waals surface area contributed by atoms with Crippen molar-refractivity contribution in [2.45, 2.75) is 32.1 Å². The molecule has 2 rings (SSSR count). The number of rotatable bonds is 8. The Bertz CT molecular complexity index is 742. The fourth-order valence-corrected chi connectivity index (χ4v) is 3.59. The molecular formula is C21H31N3O2S. The molecule has 0 amide bonds. The molecule has 1 atom stereocenters. The van der Waals surface area contributed by atoms with Crippen LogP contribution < -0.4 is 20.1 Å². The standard InChI is InChI=1S/C21H31N3O2S/c1-15(19-8-7-11-27-19)13-23-20(22-4)24-14-21(2,3)16-9-10-17(25-5)18(12-16)26-6/h7-12,15H,13-14H2,1-6H3,(H2,22,23,24). The van der Waals surface area contributed by atoms with Crippen molar-refractivity contribution in [2.24, 2.45) is 4.99 Å². The fourth-order valence-electron chi connectivity index (χ4n) is 2.81. The molecule has 0 saturated heterocycles. The van der Waals surface area contributed by atoms with Gasteiger partial charge in [0.05, 0.1) is 14.2 Å². The molecule has 0 aliphatic heterocycles. The van der Waals surface area contributed by atoms with Crippen molar-refractivity contribution in [1.29, 1.82) is 0 Å². The molecule has 1 unspecified atom stereocenters. The number of nitrogens with one attached hydrogen (secondary N) is 2. The lowest BCUT2D eigenvalue weighted by atomic mass is 9.84. The van der Waals surface area contributed by atoms with Gasteiger partial charge < -0.3 is 20.1 Å². The molecule has 0 radical (unpaired) electrons. The number of ether oxygens (including phenoxy) is 2. The van der Waals surface area contributed by atoms with Crippen molar-refractivity contribution in [3.8, 4) is 11.5 Å².